The zero-order valence-corrected chi connectivity index (χ0v) is 18.0. The number of rotatable bonds is 6. The molecule has 1 unspecified atom stereocenters. The summed E-state index contributed by atoms with van der Waals surface area (Å²) in [6.07, 6.45) is 1.59. The first-order chi connectivity index (χ1) is 12.2. The SMILES string of the molecule is CCc1nc(CN2CCN(C(=O)C(N)Cc3ccccc3)CC2)cs1.Cl.Cl. The standard InChI is InChI=1S/C19H26N4OS.2ClH/c1-2-18-21-16(14-25-18)13-22-8-10-23(11-9-22)19(24)17(20)12-15-6-4-3-5-7-15;;/h3-7,14,17H,2,8-13,20H2,1H3;2*1H. The van der Waals surface area contributed by atoms with Crippen LogP contribution in [0.1, 0.15) is 23.2 Å². The van der Waals surface area contributed by atoms with Gasteiger partial charge in [0, 0.05) is 38.1 Å². The van der Waals surface area contributed by atoms with Crippen LogP contribution in [0.4, 0.5) is 0 Å². The number of piperazine rings is 1. The highest BCUT2D eigenvalue weighted by atomic mass is 35.5. The zero-order chi connectivity index (χ0) is 17.6. The van der Waals surface area contributed by atoms with Crippen molar-refractivity contribution in [2.75, 3.05) is 26.2 Å². The number of hydrogen-bond acceptors (Lipinski definition) is 5. The molecule has 2 aromatic rings. The highest BCUT2D eigenvalue weighted by Gasteiger charge is 2.25. The Kier molecular flexibility index (Phi) is 10.3. The van der Waals surface area contributed by atoms with Gasteiger partial charge in [0.2, 0.25) is 5.91 Å². The second-order valence-electron chi connectivity index (χ2n) is 6.48. The van der Waals surface area contributed by atoms with Gasteiger partial charge >= 0.3 is 0 Å². The lowest BCUT2D eigenvalue weighted by Crippen LogP contribution is -2.53. The molecular weight excluding hydrogens is 403 g/mol. The van der Waals surface area contributed by atoms with E-state index in [9.17, 15) is 4.79 Å². The third-order valence-electron chi connectivity index (χ3n) is 4.59. The normalized spacial score (nSPS) is 15.6. The van der Waals surface area contributed by atoms with Crippen LogP contribution in [0, 0.1) is 0 Å². The second-order valence-corrected chi connectivity index (χ2v) is 7.43. The lowest BCUT2D eigenvalue weighted by molar-refractivity contribution is -0.134. The first-order valence-electron chi connectivity index (χ1n) is 8.89. The molecule has 1 aromatic heterocycles. The van der Waals surface area contributed by atoms with E-state index in [4.69, 9.17) is 5.73 Å². The molecule has 2 N–H and O–H groups in total. The number of aromatic nitrogens is 1. The molecule has 1 aromatic carbocycles. The van der Waals surface area contributed by atoms with Gasteiger partial charge in [-0.2, -0.15) is 0 Å². The first-order valence-corrected chi connectivity index (χ1v) is 9.77. The van der Waals surface area contributed by atoms with Gasteiger partial charge < -0.3 is 10.6 Å². The van der Waals surface area contributed by atoms with Crippen molar-refractivity contribution in [2.24, 2.45) is 5.73 Å². The predicted molar refractivity (Wildman–Crippen MR) is 116 cm³/mol. The molecule has 1 saturated heterocycles. The van der Waals surface area contributed by atoms with Crippen LogP contribution in [0.25, 0.3) is 0 Å². The Bertz CT molecular complexity index is 690. The van der Waals surface area contributed by atoms with Crippen molar-refractivity contribution in [3.63, 3.8) is 0 Å². The van der Waals surface area contributed by atoms with Gasteiger partial charge in [0.05, 0.1) is 16.7 Å². The molecule has 1 atom stereocenters. The Hall–Kier alpha value is -1.18. The van der Waals surface area contributed by atoms with E-state index in [0.29, 0.717) is 6.42 Å². The van der Waals surface area contributed by atoms with E-state index in [1.165, 1.54) is 5.01 Å². The molecule has 0 saturated carbocycles. The van der Waals surface area contributed by atoms with E-state index in [-0.39, 0.29) is 30.7 Å². The Labute approximate surface area is 177 Å². The van der Waals surface area contributed by atoms with Crippen molar-refractivity contribution >= 4 is 42.1 Å². The van der Waals surface area contributed by atoms with Crippen LogP contribution in [-0.2, 0) is 24.2 Å². The quantitative estimate of drug-likeness (QED) is 0.764. The molecule has 150 valence electrons. The molecule has 0 spiro atoms. The van der Waals surface area contributed by atoms with Crippen LogP contribution < -0.4 is 5.73 Å². The summed E-state index contributed by atoms with van der Waals surface area (Å²) >= 11 is 1.73. The van der Waals surface area contributed by atoms with Crippen LogP contribution in [0.2, 0.25) is 0 Å². The van der Waals surface area contributed by atoms with Gasteiger partial charge in [0.25, 0.3) is 0 Å². The fourth-order valence-electron chi connectivity index (χ4n) is 3.13. The molecule has 8 heteroatoms. The summed E-state index contributed by atoms with van der Waals surface area (Å²) in [5, 5.41) is 3.34. The summed E-state index contributed by atoms with van der Waals surface area (Å²) in [6, 6.07) is 9.51. The van der Waals surface area contributed by atoms with Crippen molar-refractivity contribution in [3.8, 4) is 0 Å². The highest BCUT2D eigenvalue weighted by Crippen LogP contribution is 2.14. The van der Waals surface area contributed by atoms with Gasteiger partial charge in [0.15, 0.2) is 0 Å². The summed E-state index contributed by atoms with van der Waals surface area (Å²) in [5.41, 5.74) is 8.39. The van der Waals surface area contributed by atoms with Crippen LogP contribution in [0.5, 0.6) is 0 Å². The maximum Gasteiger partial charge on any atom is 0.239 e. The Morgan fingerprint density at radius 1 is 1.19 bits per heavy atom. The van der Waals surface area contributed by atoms with Crippen LogP contribution >= 0.6 is 36.2 Å². The van der Waals surface area contributed by atoms with Crippen molar-refractivity contribution in [1.29, 1.82) is 0 Å². The molecule has 2 heterocycles. The maximum absolute atomic E-state index is 12.6. The minimum Gasteiger partial charge on any atom is -0.339 e. The summed E-state index contributed by atoms with van der Waals surface area (Å²) in [7, 11) is 0. The Balaban J connectivity index is 0.00000182. The number of carbonyl (C=O) groups is 1. The minimum atomic E-state index is -0.459. The summed E-state index contributed by atoms with van der Waals surface area (Å²) in [4.78, 5) is 21.5. The summed E-state index contributed by atoms with van der Waals surface area (Å²) in [5.74, 6) is 0.0606. The van der Waals surface area contributed by atoms with E-state index in [1.807, 2.05) is 35.2 Å². The number of nitrogens with two attached hydrogens (primary N) is 1. The lowest BCUT2D eigenvalue weighted by atomic mass is 10.1. The summed E-state index contributed by atoms with van der Waals surface area (Å²) < 4.78 is 0. The molecule has 0 aliphatic carbocycles. The topological polar surface area (TPSA) is 62.5 Å². The largest absolute Gasteiger partial charge is 0.339 e. The number of aryl methyl sites for hydroxylation is 1. The van der Waals surface area contributed by atoms with E-state index < -0.39 is 6.04 Å². The van der Waals surface area contributed by atoms with Crippen LogP contribution in [-0.4, -0.2) is 52.9 Å². The van der Waals surface area contributed by atoms with Crippen LogP contribution in [0.15, 0.2) is 35.7 Å². The molecule has 1 fully saturated rings. The maximum atomic E-state index is 12.6. The smallest absolute Gasteiger partial charge is 0.239 e. The molecule has 1 amide bonds. The van der Waals surface area contributed by atoms with Crippen LogP contribution in [0.3, 0.4) is 0 Å². The molecule has 0 radical (unpaired) electrons. The molecular formula is C19H28Cl2N4OS. The van der Waals surface area contributed by atoms with Gasteiger partial charge in [0.1, 0.15) is 0 Å². The van der Waals surface area contributed by atoms with Gasteiger partial charge in [-0.15, -0.1) is 36.2 Å². The van der Waals surface area contributed by atoms with Crippen molar-refractivity contribution in [2.45, 2.75) is 32.4 Å². The fourth-order valence-corrected chi connectivity index (χ4v) is 3.87. The number of halogens is 2. The fraction of sp³-hybridized carbons (Fsp3) is 0.474. The minimum absolute atomic E-state index is 0. The molecule has 3 rings (SSSR count). The van der Waals surface area contributed by atoms with Crippen molar-refractivity contribution in [3.05, 3.63) is 52.0 Å². The molecule has 0 bridgehead atoms. The van der Waals surface area contributed by atoms with E-state index >= 15 is 0 Å². The molecule has 5 nitrogen and oxygen atoms in total. The van der Waals surface area contributed by atoms with E-state index in [2.05, 4.69) is 22.2 Å². The number of amides is 1. The Morgan fingerprint density at radius 3 is 2.44 bits per heavy atom. The third kappa shape index (κ3) is 6.73. The number of thiazole rings is 1. The van der Waals surface area contributed by atoms with E-state index in [1.54, 1.807) is 11.3 Å². The molecule has 27 heavy (non-hydrogen) atoms. The van der Waals surface area contributed by atoms with Gasteiger partial charge in [-0.05, 0) is 18.4 Å². The van der Waals surface area contributed by atoms with E-state index in [0.717, 1.165) is 50.4 Å². The van der Waals surface area contributed by atoms with Gasteiger partial charge in [-0.1, -0.05) is 37.3 Å². The predicted octanol–water partition coefficient (Wildman–Crippen LogP) is 2.76. The third-order valence-corrected chi connectivity index (χ3v) is 5.63. The van der Waals surface area contributed by atoms with Gasteiger partial charge in [-0.3, -0.25) is 9.69 Å². The highest BCUT2D eigenvalue weighted by molar-refractivity contribution is 7.09. The molecule has 1 aliphatic rings. The number of nitrogens with zero attached hydrogens (tertiary/aromatic N) is 3. The lowest BCUT2D eigenvalue weighted by Gasteiger charge is -2.35. The average Bonchev–Trinajstić information content (AvgIpc) is 3.10. The molecule has 1 aliphatic heterocycles. The first kappa shape index (κ1) is 23.9. The number of carbonyl (C=O) groups excluding carboxylic acids is 1. The average molecular weight is 431 g/mol. The number of benzene rings is 1. The van der Waals surface area contributed by atoms with Gasteiger partial charge in [-0.25, -0.2) is 4.98 Å². The zero-order valence-electron chi connectivity index (χ0n) is 15.5. The second kappa shape index (κ2) is 11.6. The number of hydrogen-bond donors (Lipinski definition) is 1. The Morgan fingerprint density at radius 2 is 1.85 bits per heavy atom. The van der Waals surface area contributed by atoms with Crippen molar-refractivity contribution < 1.29 is 4.79 Å². The van der Waals surface area contributed by atoms with Crippen molar-refractivity contribution in [1.82, 2.24) is 14.8 Å². The monoisotopic (exact) mass is 430 g/mol. The summed E-state index contributed by atoms with van der Waals surface area (Å²) in [6.45, 7) is 6.24.